The zero-order chi connectivity index (χ0) is 16.2. The Balaban J connectivity index is 1.84. The molecule has 1 saturated heterocycles. The SMILES string of the molecule is CC1CN(C)CCN1C(=O)c1cccnc1Oc1cccnc1. The molecular formula is C17H20N4O2. The first-order valence-corrected chi connectivity index (χ1v) is 7.67. The van der Waals surface area contributed by atoms with E-state index >= 15 is 0 Å². The molecule has 3 rings (SSSR count). The first kappa shape index (κ1) is 15.4. The standard InChI is InChI=1S/C17H20N4O2/c1-13-12-20(2)9-10-21(13)17(22)15-6-4-8-19-16(15)23-14-5-3-7-18-11-14/h3-8,11,13H,9-10,12H2,1-2H3. The van der Waals surface area contributed by atoms with Gasteiger partial charge in [-0.2, -0.15) is 0 Å². The molecule has 0 spiro atoms. The van der Waals surface area contributed by atoms with Crippen LogP contribution in [-0.2, 0) is 0 Å². The van der Waals surface area contributed by atoms with Crippen LogP contribution in [0, 0.1) is 0 Å². The van der Waals surface area contributed by atoms with E-state index in [1.807, 2.05) is 4.90 Å². The molecule has 1 atom stereocenters. The minimum Gasteiger partial charge on any atom is -0.437 e. The molecule has 0 saturated carbocycles. The van der Waals surface area contributed by atoms with Crippen LogP contribution in [0.25, 0.3) is 0 Å². The third-order valence-corrected chi connectivity index (χ3v) is 3.94. The van der Waals surface area contributed by atoms with E-state index < -0.39 is 0 Å². The maximum Gasteiger partial charge on any atom is 0.259 e. The summed E-state index contributed by atoms with van der Waals surface area (Å²) >= 11 is 0. The molecule has 1 amide bonds. The molecule has 1 aliphatic rings. The van der Waals surface area contributed by atoms with Crippen molar-refractivity contribution in [3.8, 4) is 11.6 Å². The highest BCUT2D eigenvalue weighted by atomic mass is 16.5. The van der Waals surface area contributed by atoms with Crippen LogP contribution >= 0.6 is 0 Å². The summed E-state index contributed by atoms with van der Waals surface area (Å²) < 4.78 is 5.75. The summed E-state index contributed by atoms with van der Waals surface area (Å²) in [6.07, 6.45) is 4.89. The molecule has 0 N–H and O–H groups in total. The van der Waals surface area contributed by atoms with E-state index in [1.165, 1.54) is 0 Å². The van der Waals surface area contributed by atoms with Crippen molar-refractivity contribution in [3.05, 3.63) is 48.4 Å². The minimum atomic E-state index is -0.0439. The average Bonchev–Trinajstić information content (AvgIpc) is 2.56. The van der Waals surface area contributed by atoms with Gasteiger partial charge in [-0.3, -0.25) is 9.78 Å². The van der Waals surface area contributed by atoms with E-state index in [1.54, 1.807) is 42.9 Å². The highest BCUT2D eigenvalue weighted by molar-refractivity contribution is 5.96. The number of rotatable bonds is 3. The summed E-state index contributed by atoms with van der Waals surface area (Å²) in [5.41, 5.74) is 0.479. The summed E-state index contributed by atoms with van der Waals surface area (Å²) in [4.78, 5) is 25.2. The van der Waals surface area contributed by atoms with Crippen LogP contribution in [0.2, 0.25) is 0 Å². The molecule has 3 heterocycles. The van der Waals surface area contributed by atoms with Crippen LogP contribution in [0.1, 0.15) is 17.3 Å². The fraction of sp³-hybridized carbons (Fsp3) is 0.353. The Labute approximate surface area is 135 Å². The number of ether oxygens (including phenoxy) is 1. The van der Waals surface area contributed by atoms with E-state index in [4.69, 9.17) is 4.74 Å². The van der Waals surface area contributed by atoms with E-state index in [9.17, 15) is 4.79 Å². The van der Waals surface area contributed by atoms with Crippen LogP contribution in [0.15, 0.2) is 42.9 Å². The van der Waals surface area contributed by atoms with Crippen molar-refractivity contribution in [2.24, 2.45) is 0 Å². The quantitative estimate of drug-likeness (QED) is 0.868. The van der Waals surface area contributed by atoms with Crippen molar-refractivity contribution < 1.29 is 9.53 Å². The molecule has 0 aliphatic carbocycles. The maximum absolute atomic E-state index is 12.9. The van der Waals surface area contributed by atoms with Gasteiger partial charge >= 0.3 is 0 Å². The largest absolute Gasteiger partial charge is 0.437 e. The van der Waals surface area contributed by atoms with Gasteiger partial charge in [-0.05, 0) is 38.2 Å². The van der Waals surface area contributed by atoms with E-state index in [0.29, 0.717) is 23.7 Å². The van der Waals surface area contributed by atoms with Gasteiger partial charge in [-0.1, -0.05) is 0 Å². The molecule has 1 aliphatic heterocycles. The lowest BCUT2D eigenvalue weighted by molar-refractivity contribution is 0.0530. The second kappa shape index (κ2) is 6.75. The number of amides is 1. The highest BCUT2D eigenvalue weighted by Gasteiger charge is 2.28. The predicted molar refractivity (Wildman–Crippen MR) is 86.5 cm³/mol. The molecule has 1 unspecified atom stereocenters. The Morgan fingerprint density at radius 3 is 2.83 bits per heavy atom. The number of hydrogen-bond acceptors (Lipinski definition) is 5. The predicted octanol–water partition coefficient (Wildman–Crippen LogP) is 2.04. The average molecular weight is 312 g/mol. The first-order chi connectivity index (χ1) is 11.1. The van der Waals surface area contributed by atoms with Crippen molar-refractivity contribution in [3.63, 3.8) is 0 Å². The van der Waals surface area contributed by atoms with Gasteiger partial charge in [0.05, 0.1) is 6.20 Å². The van der Waals surface area contributed by atoms with Crippen LogP contribution in [0.4, 0.5) is 0 Å². The Morgan fingerprint density at radius 2 is 2.09 bits per heavy atom. The van der Waals surface area contributed by atoms with Crippen LogP contribution in [0.5, 0.6) is 11.6 Å². The summed E-state index contributed by atoms with van der Waals surface area (Å²) in [7, 11) is 2.07. The topological polar surface area (TPSA) is 58.6 Å². The van der Waals surface area contributed by atoms with Crippen molar-refractivity contribution >= 4 is 5.91 Å². The zero-order valence-electron chi connectivity index (χ0n) is 13.3. The van der Waals surface area contributed by atoms with Gasteiger partial charge in [-0.25, -0.2) is 4.98 Å². The Hall–Kier alpha value is -2.47. The van der Waals surface area contributed by atoms with Gasteiger partial charge in [0.1, 0.15) is 11.3 Å². The summed E-state index contributed by atoms with van der Waals surface area (Å²) in [5, 5.41) is 0. The number of piperazine rings is 1. The minimum absolute atomic E-state index is 0.0439. The van der Waals surface area contributed by atoms with Crippen molar-refractivity contribution in [1.29, 1.82) is 0 Å². The summed E-state index contributed by atoms with van der Waals surface area (Å²) in [6.45, 7) is 4.50. The van der Waals surface area contributed by atoms with Gasteiger partial charge in [0, 0.05) is 38.1 Å². The number of carbonyl (C=O) groups excluding carboxylic acids is 1. The number of aromatic nitrogens is 2. The monoisotopic (exact) mass is 312 g/mol. The third kappa shape index (κ3) is 3.48. The molecule has 6 heteroatoms. The lowest BCUT2D eigenvalue weighted by atomic mass is 10.1. The highest BCUT2D eigenvalue weighted by Crippen LogP contribution is 2.24. The molecule has 120 valence electrons. The third-order valence-electron chi connectivity index (χ3n) is 3.94. The van der Waals surface area contributed by atoms with Gasteiger partial charge in [0.25, 0.3) is 5.91 Å². The Morgan fingerprint density at radius 1 is 1.26 bits per heavy atom. The van der Waals surface area contributed by atoms with E-state index in [2.05, 4.69) is 28.8 Å². The molecule has 0 aromatic carbocycles. The van der Waals surface area contributed by atoms with Gasteiger partial charge in [-0.15, -0.1) is 0 Å². The molecule has 6 nitrogen and oxygen atoms in total. The molecule has 1 fully saturated rings. The molecule has 23 heavy (non-hydrogen) atoms. The second-order valence-corrected chi connectivity index (χ2v) is 5.76. The zero-order valence-corrected chi connectivity index (χ0v) is 13.3. The van der Waals surface area contributed by atoms with Gasteiger partial charge in [0.2, 0.25) is 5.88 Å². The van der Waals surface area contributed by atoms with Crippen LogP contribution < -0.4 is 4.74 Å². The second-order valence-electron chi connectivity index (χ2n) is 5.76. The van der Waals surface area contributed by atoms with Crippen molar-refractivity contribution in [2.75, 3.05) is 26.7 Å². The van der Waals surface area contributed by atoms with Crippen molar-refractivity contribution in [2.45, 2.75) is 13.0 Å². The lowest BCUT2D eigenvalue weighted by Crippen LogP contribution is -2.52. The lowest BCUT2D eigenvalue weighted by Gasteiger charge is -2.38. The Bertz CT molecular complexity index is 677. The summed E-state index contributed by atoms with van der Waals surface area (Å²) in [5.74, 6) is 0.834. The number of pyridine rings is 2. The van der Waals surface area contributed by atoms with Crippen LogP contribution in [0.3, 0.4) is 0 Å². The Kier molecular flexibility index (Phi) is 4.52. The van der Waals surface area contributed by atoms with Gasteiger partial charge < -0.3 is 14.5 Å². The molecule has 2 aromatic heterocycles. The maximum atomic E-state index is 12.9. The van der Waals surface area contributed by atoms with Gasteiger partial charge in [0.15, 0.2) is 0 Å². The van der Waals surface area contributed by atoms with E-state index in [-0.39, 0.29) is 11.9 Å². The van der Waals surface area contributed by atoms with Crippen molar-refractivity contribution in [1.82, 2.24) is 19.8 Å². The smallest absolute Gasteiger partial charge is 0.259 e. The fourth-order valence-corrected chi connectivity index (χ4v) is 2.75. The molecule has 2 aromatic rings. The van der Waals surface area contributed by atoms with E-state index in [0.717, 1.165) is 13.1 Å². The fourth-order valence-electron chi connectivity index (χ4n) is 2.75. The number of hydrogen-bond donors (Lipinski definition) is 0. The molecule has 0 radical (unpaired) electrons. The molecular weight excluding hydrogens is 292 g/mol. The van der Waals surface area contributed by atoms with Crippen LogP contribution in [-0.4, -0.2) is 58.4 Å². The summed E-state index contributed by atoms with van der Waals surface area (Å²) in [6, 6.07) is 7.24. The normalized spacial score (nSPS) is 18.7. The number of carbonyl (C=O) groups is 1. The molecule has 0 bridgehead atoms. The first-order valence-electron chi connectivity index (χ1n) is 7.67. The number of likely N-dealkylation sites (N-methyl/N-ethyl adjacent to an activating group) is 1. The number of nitrogens with zero attached hydrogens (tertiary/aromatic N) is 4.